The number of carboxylic acid groups (broad SMARTS) is 2. The maximum Gasteiger partial charge on any atom is 0.326 e. The summed E-state index contributed by atoms with van der Waals surface area (Å²) in [5.41, 5.74) is 6.62. The Morgan fingerprint density at radius 3 is 1.91 bits per heavy atom. The molecule has 12 heteroatoms. The number of rotatable bonds is 13. The minimum atomic E-state index is -1.58. The summed E-state index contributed by atoms with van der Waals surface area (Å²) in [5, 5.41) is 34.4. The van der Waals surface area contributed by atoms with Crippen molar-refractivity contribution in [3.05, 3.63) is 35.9 Å². The number of aliphatic hydroxyl groups excluding tert-OH is 1. The van der Waals surface area contributed by atoms with Crippen molar-refractivity contribution in [2.24, 2.45) is 11.7 Å². The van der Waals surface area contributed by atoms with Crippen LogP contribution in [0.5, 0.6) is 0 Å². The van der Waals surface area contributed by atoms with Crippen LogP contribution in [0.3, 0.4) is 0 Å². The minimum absolute atomic E-state index is 0.140. The Hall–Kier alpha value is -3.51. The van der Waals surface area contributed by atoms with Gasteiger partial charge in [-0.05, 0) is 17.9 Å². The summed E-state index contributed by atoms with van der Waals surface area (Å²) < 4.78 is 0. The summed E-state index contributed by atoms with van der Waals surface area (Å²) in [5.74, 6) is -5.99. The van der Waals surface area contributed by atoms with Gasteiger partial charge in [0.25, 0.3) is 0 Å². The van der Waals surface area contributed by atoms with Gasteiger partial charge in [0, 0.05) is 0 Å². The predicted molar refractivity (Wildman–Crippen MR) is 116 cm³/mol. The van der Waals surface area contributed by atoms with Crippen molar-refractivity contribution in [3.8, 4) is 0 Å². The van der Waals surface area contributed by atoms with E-state index in [1.165, 1.54) is 0 Å². The number of carboxylic acids is 2. The minimum Gasteiger partial charge on any atom is -0.481 e. The van der Waals surface area contributed by atoms with Crippen molar-refractivity contribution in [2.75, 3.05) is 6.61 Å². The molecule has 0 heterocycles. The summed E-state index contributed by atoms with van der Waals surface area (Å²) in [4.78, 5) is 59.8. The number of carbonyl (C=O) groups is 5. The van der Waals surface area contributed by atoms with Gasteiger partial charge in [-0.3, -0.25) is 19.2 Å². The molecule has 0 aliphatic carbocycles. The smallest absolute Gasteiger partial charge is 0.326 e. The number of nitrogens with one attached hydrogen (secondary N) is 3. The Morgan fingerprint density at radius 1 is 0.879 bits per heavy atom. The third-order valence-corrected chi connectivity index (χ3v) is 4.69. The van der Waals surface area contributed by atoms with E-state index >= 15 is 0 Å². The lowest BCUT2D eigenvalue weighted by Gasteiger charge is -2.24. The Morgan fingerprint density at radius 2 is 1.42 bits per heavy atom. The highest BCUT2D eigenvalue weighted by molar-refractivity contribution is 5.95. The quantitative estimate of drug-likeness (QED) is 0.175. The van der Waals surface area contributed by atoms with E-state index in [9.17, 15) is 34.2 Å². The van der Waals surface area contributed by atoms with Crippen molar-refractivity contribution >= 4 is 29.7 Å². The lowest BCUT2D eigenvalue weighted by molar-refractivity contribution is -0.144. The van der Waals surface area contributed by atoms with Crippen LogP contribution < -0.4 is 21.7 Å². The fourth-order valence-electron chi connectivity index (χ4n) is 2.86. The molecule has 0 aliphatic rings. The maximum absolute atomic E-state index is 12.6. The number of aliphatic hydroxyl groups is 1. The standard InChI is InChI=1S/C21H30N4O8/c1-11(2)17(21(32)33)25-20(31)15(10-26)24-19(30)14(9-16(27)28)23-18(29)13(22)8-12-6-4-3-5-7-12/h3-7,11,13-15,17,26H,8-10,22H2,1-2H3,(H,23,29)(H,24,30)(H,25,31)(H,27,28)(H,32,33). The zero-order chi connectivity index (χ0) is 25.1. The van der Waals surface area contributed by atoms with E-state index in [4.69, 9.17) is 10.8 Å². The highest BCUT2D eigenvalue weighted by atomic mass is 16.4. The first-order valence-corrected chi connectivity index (χ1v) is 10.2. The van der Waals surface area contributed by atoms with Crippen molar-refractivity contribution in [2.45, 2.75) is 50.9 Å². The molecule has 0 saturated heterocycles. The molecule has 0 spiro atoms. The van der Waals surface area contributed by atoms with E-state index in [2.05, 4.69) is 16.0 Å². The van der Waals surface area contributed by atoms with Gasteiger partial charge in [-0.2, -0.15) is 0 Å². The highest BCUT2D eigenvalue weighted by Crippen LogP contribution is 2.05. The zero-order valence-electron chi connectivity index (χ0n) is 18.4. The van der Waals surface area contributed by atoms with Gasteiger partial charge in [0.05, 0.1) is 19.1 Å². The topological polar surface area (TPSA) is 208 Å². The molecule has 0 aliphatic heterocycles. The van der Waals surface area contributed by atoms with Crippen LogP contribution in [-0.2, 0) is 30.4 Å². The summed E-state index contributed by atoms with van der Waals surface area (Å²) >= 11 is 0. The van der Waals surface area contributed by atoms with Crippen LogP contribution in [0, 0.1) is 5.92 Å². The van der Waals surface area contributed by atoms with E-state index in [0.29, 0.717) is 0 Å². The van der Waals surface area contributed by atoms with Gasteiger partial charge in [0.15, 0.2) is 0 Å². The van der Waals surface area contributed by atoms with Gasteiger partial charge in [-0.1, -0.05) is 44.2 Å². The molecule has 4 atom stereocenters. The Labute approximate surface area is 190 Å². The van der Waals surface area contributed by atoms with Crippen LogP contribution in [-0.4, -0.2) is 75.8 Å². The van der Waals surface area contributed by atoms with E-state index in [-0.39, 0.29) is 6.42 Å². The molecular formula is C21H30N4O8. The monoisotopic (exact) mass is 466 g/mol. The molecule has 0 fully saturated rings. The zero-order valence-corrected chi connectivity index (χ0v) is 18.4. The lowest BCUT2D eigenvalue weighted by atomic mass is 10.0. The number of aliphatic carboxylic acids is 2. The lowest BCUT2D eigenvalue weighted by Crippen LogP contribution is -2.59. The van der Waals surface area contributed by atoms with Gasteiger partial charge in [0.2, 0.25) is 17.7 Å². The van der Waals surface area contributed by atoms with Gasteiger partial charge in [-0.25, -0.2) is 4.79 Å². The van der Waals surface area contributed by atoms with Gasteiger partial charge >= 0.3 is 11.9 Å². The molecule has 0 saturated carbocycles. The third-order valence-electron chi connectivity index (χ3n) is 4.69. The molecule has 0 bridgehead atoms. The SMILES string of the molecule is CC(C)C(NC(=O)C(CO)NC(=O)C(CC(=O)O)NC(=O)C(N)Cc1ccccc1)C(=O)O. The molecule has 3 amide bonds. The molecule has 0 radical (unpaired) electrons. The second-order valence-electron chi connectivity index (χ2n) is 7.77. The van der Waals surface area contributed by atoms with Crippen LogP contribution in [0.4, 0.5) is 0 Å². The first-order chi connectivity index (χ1) is 15.5. The Balaban J connectivity index is 2.85. The largest absolute Gasteiger partial charge is 0.481 e. The second-order valence-corrected chi connectivity index (χ2v) is 7.77. The molecule has 1 aromatic carbocycles. The number of benzene rings is 1. The molecule has 0 aromatic heterocycles. The van der Waals surface area contributed by atoms with Crippen molar-refractivity contribution < 1.29 is 39.3 Å². The number of hydrogen-bond donors (Lipinski definition) is 7. The van der Waals surface area contributed by atoms with E-state index in [1.807, 2.05) is 0 Å². The van der Waals surface area contributed by atoms with Crippen LogP contribution in [0.2, 0.25) is 0 Å². The normalized spacial score (nSPS) is 14.5. The van der Waals surface area contributed by atoms with Gasteiger partial charge in [-0.15, -0.1) is 0 Å². The summed E-state index contributed by atoms with van der Waals surface area (Å²) in [6, 6.07) is 3.31. The molecular weight excluding hydrogens is 436 g/mol. The molecule has 1 aromatic rings. The summed E-state index contributed by atoms with van der Waals surface area (Å²) in [6.07, 6.45) is -0.666. The first-order valence-electron chi connectivity index (χ1n) is 10.2. The fourth-order valence-corrected chi connectivity index (χ4v) is 2.86. The second kappa shape index (κ2) is 13.1. The van der Waals surface area contributed by atoms with Crippen LogP contribution >= 0.6 is 0 Å². The number of amides is 3. The number of carbonyl (C=O) groups excluding carboxylic acids is 3. The molecule has 33 heavy (non-hydrogen) atoms. The molecule has 12 nitrogen and oxygen atoms in total. The Bertz CT molecular complexity index is 846. The predicted octanol–water partition coefficient (Wildman–Crippen LogP) is -1.78. The van der Waals surface area contributed by atoms with Gasteiger partial charge in [0.1, 0.15) is 18.1 Å². The average Bonchev–Trinajstić information content (AvgIpc) is 2.74. The van der Waals surface area contributed by atoms with Crippen LogP contribution in [0.25, 0.3) is 0 Å². The van der Waals surface area contributed by atoms with Crippen molar-refractivity contribution in [3.63, 3.8) is 0 Å². The molecule has 4 unspecified atom stereocenters. The Kier molecular flexibility index (Phi) is 11.0. The summed E-state index contributed by atoms with van der Waals surface area (Å²) in [7, 11) is 0. The third kappa shape index (κ3) is 9.25. The highest BCUT2D eigenvalue weighted by Gasteiger charge is 2.32. The van der Waals surface area contributed by atoms with E-state index in [0.717, 1.165) is 5.56 Å². The number of nitrogens with two attached hydrogens (primary N) is 1. The van der Waals surface area contributed by atoms with Crippen LogP contribution in [0.1, 0.15) is 25.8 Å². The van der Waals surface area contributed by atoms with Crippen molar-refractivity contribution in [1.29, 1.82) is 0 Å². The van der Waals surface area contributed by atoms with Crippen molar-refractivity contribution in [1.82, 2.24) is 16.0 Å². The fraction of sp³-hybridized carbons (Fsp3) is 0.476. The first kappa shape index (κ1) is 27.5. The molecule has 182 valence electrons. The molecule has 1 rings (SSSR count). The van der Waals surface area contributed by atoms with Gasteiger partial charge < -0.3 is 37.0 Å². The molecule has 8 N–H and O–H groups in total. The average molecular weight is 466 g/mol. The number of hydrogen-bond acceptors (Lipinski definition) is 7. The summed E-state index contributed by atoms with van der Waals surface area (Å²) in [6.45, 7) is 2.23. The maximum atomic E-state index is 12.6. The van der Waals surface area contributed by atoms with E-state index in [1.54, 1.807) is 44.2 Å². The van der Waals surface area contributed by atoms with Crippen LogP contribution in [0.15, 0.2) is 30.3 Å². The van der Waals surface area contributed by atoms with E-state index < -0.39 is 72.8 Å².